The molecule has 0 fully saturated rings. The summed E-state index contributed by atoms with van der Waals surface area (Å²) in [6, 6.07) is 7.95. The minimum absolute atomic E-state index is 1.03. The Morgan fingerprint density at radius 3 is 3.10 bits per heavy atom. The van der Waals surface area contributed by atoms with Gasteiger partial charge in [0.15, 0.2) is 0 Å². The first kappa shape index (κ1) is 13.4. The molecule has 21 heavy (non-hydrogen) atoms. The molecule has 1 N–H and O–H groups in total. The second-order valence-electron chi connectivity index (χ2n) is 4.82. The Kier molecular flexibility index (Phi) is 3.96. The average Bonchev–Trinajstić information content (AvgIpc) is 3.14. The number of allylic oxidation sites excluding steroid dienone is 3. The minimum atomic E-state index is 1.03. The van der Waals surface area contributed by atoms with Crippen LogP contribution in [0.3, 0.4) is 0 Å². The van der Waals surface area contributed by atoms with Crippen molar-refractivity contribution < 1.29 is 0 Å². The molecule has 106 valence electrons. The fraction of sp³-hybridized carbons (Fsp3) is 0.176. The molecule has 4 nitrogen and oxygen atoms in total. The monoisotopic (exact) mass is 278 g/mol. The molecule has 0 radical (unpaired) electrons. The van der Waals surface area contributed by atoms with Gasteiger partial charge >= 0.3 is 0 Å². The van der Waals surface area contributed by atoms with E-state index in [0.29, 0.717) is 0 Å². The summed E-state index contributed by atoms with van der Waals surface area (Å²) in [6.07, 6.45) is 14.2. The van der Waals surface area contributed by atoms with Crippen LogP contribution in [0.4, 0.5) is 0 Å². The highest BCUT2D eigenvalue weighted by molar-refractivity contribution is 5.73. The van der Waals surface area contributed by atoms with E-state index in [1.807, 2.05) is 41.2 Å². The maximum absolute atomic E-state index is 4.04. The summed E-state index contributed by atoms with van der Waals surface area (Å²) in [5.41, 5.74) is 4.92. The Labute approximate surface area is 123 Å². The minimum Gasteiger partial charge on any atom is -0.278 e. The largest absolute Gasteiger partial charge is 0.278 e. The number of aromatic amines is 1. The van der Waals surface area contributed by atoms with Crippen LogP contribution in [-0.2, 0) is 0 Å². The van der Waals surface area contributed by atoms with Crippen molar-refractivity contribution in [3.8, 4) is 0 Å². The molecule has 0 saturated heterocycles. The second kappa shape index (κ2) is 6.22. The number of hydrogen-bond acceptors (Lipinski definition) is 2. The first-order valence-corrected chi connectivity index (χ1v) is 7.16. The Bertz CT molecular complexity index is 747. The van der Waals surface area contributed by atoms with Crippen molar-refractivity contribution in [3.63, 3.8) is 0 Å². The highest BCUT2D eigenvalue weighted by atomic mass is 15.2. The molecule has 0 spiro atoms. The van der Waals surface area contributed by atoms with Crippen LogP contribution in [0.2, 0.25) is 0 Å². The summed E-state index contributed by atoms with van der Waals surface area (Å²) in [6.45, 7) is 2.17. The predicted molar refractivity (Wildman–Crippen MR) is 85.7 cm³/mol. The van der Waals surface area contributed by atoms with Crippen LogP contribution in [-0.4, -0.2) is 19.8 Å². The average molecular weight is 278 g/mol. The molecule has 0 atom stereocenters. The van der Waals surface area contributed by atoms with E-state index >= 15 is 0 Å². The van der Waals surface area contributed by atoms with Crippen molar-refractivity contribution in [1.29, 1.82) is 0 Å². The van der Waals surface area contributed by atoms with Crippen LogP contribution in [0.25, 0.3) is 17.2 Å². The SMILES string of the molecule is CCC1=CCC=Cc2[nH]ncc21.c1ccn2nccc2c1. The predicted octanol–water partition coefficient (Wildman–Crippen LogP) is 3.95. The van der Waals surface area contributed by atoms with E-state index in [9.17, 15) is 0 Å². The maximum Gasteiger partial charge on any atom is 0.0661 e. The van der Waals surface area contributed by atoms with Crippen molar-refractivity contribution in [2.45, 2.75) is 19.8 Å². The summed E-state index contributed by atoms with van der Waals surface area (Å²) in [4.78, 5) is 0. The van der Waals surface area contributed by atoms with E-state index in [2.05, 4.69) is 40.4 Å². The van der Waals surface area contributed by atoms with Gasteiger partial charge in [-0.15, -0.1) is 0 Å². The van der Waals surface area contributed by atoms with E-state index in [1.165, 1.54) is 11.1 Å². The molecule has 0 aromatic carbocycles. The first-order chi connectivity index (χ1) is 10.4. The van der Waals surface area contributed by atoms with E-state index in [0.717, 1.165) is 24.1 Å². The third-order valence-corrected chi connectivity index (χ3v) is 3.49. The fourth-order valence-corrected chi connectivity index (χ4v) is 2.39. The zero-order valence-corrected chi connectivity index (χ0v) is 12.0. The van der Waals surface area contributed by atoms with Crippen LogP contribution < -0.4 is 0 Å². The normalized spacial score (nSPS) is 13.1. The molecule has 0 unspecified atom stereocenters. The van der Waals surface area contributed by atoms with Gasteiger partial charge < -0.3 is 0 Å². The summed E-state index contributed by atoms with van der Waals surface area (Å²) in [7, 11) is 0. The first-order valence-electron chi connectivity index (χ1n) is 7.16. The van der Waals surface area contributed by atoms with E-state index < -0.39 is 0 Å². The number of hydrogen-bond donors (Lipinski definition) is 1. The van der Waals surface area contributed by atoms with Crippen LogP contribution >= 0.6 is 0 Å². The lowest BCUT2D eigenvalue weighted by atomic mass is 10.1. The summed E-state index contributed by atoms with van der Waals surface area (Å²) >= 11 is 0. The molecule has 0 aliphatic heterocycles. The molecule has 3 heterocycles. The Morgan fingerprint density at radius 1 is 1.29 bits per heavy atom. The van der Waals surface area contributed by atoms with Gasteiger partial charge in [-0.3, -0.25) is 5.10 Å². The Morgan fingerprint density at radius 2 is 2.24 bits per heavy atom. The topological polar surface area (TPSA) is 46.0 Å². The number of H-pyrrole nitrogens is 1. The van der Waals surface area contributed by atoms with E-state index in [-0.39, 0.29) is 0 Å². The zero-order chi connectivity index (χ0) is 14.5. The smallest absolute Gasteiger partial charge is 0.0661 e. The van der Waals surface area contributed by atoms with E-state index in [1.54, 1.807) is 6.20 Å². The number of rotatable bonds is 1. The maximum atomic E-state index is 4.04. The summed E-state index contributed by atoms with van der Waals surface area (Å²) in [5.74, 6) is 0. The van der Waals surface area contributed by atoms with Gasteiger partial charge in [0.2, 0.25) is 0 Å². The van der Waals surface area contributed by atoms with Gasteiger partial charge in [-0.2, -0.15) is 10.2 Å². The quantitative estimate of drug-likeness (QED) is 0.732. The summed E-state index contributed by atoms with van der Waals surface area (Å²) < 4.78 is 1.83. The molecule has 1 aliphatic rings. The van der Waals surface area contributed by atoms with Gasteiger partial charge in [0.25, 0.3) is 0 Å². The Hall–Kier alpha value is -2.62. The molecule has 3 aromatic rings. The van der Waals surface area contributed by atoms with Crippen LogP contribution in [0.15, 0.2) is 55.0 Å². The highest BCUT2D eigenvalue weighted by Crippen LogP contribution is 2.24. The van der Waals surface area contributed by atoms with Crippen molar-refractivity contribution in [2.24, 2.45) is 0 Å². The van der Waals surface area contributed by atoms with Gasteiger partial charge in [0.1, 0.15) is 0 Å². The van der Waals surface area contributed by atoms with Crippen LogP contribution in [0.5, 0.6) is 0 Å². The second-order valence-corrected chi connectivity index (χ2v) is 4.82. The lowest BCUT2D eigenvalue weighted by Crippen LogP contribution is -1.81. The van der Waals surface area contributed by atoms with Crippen molar-refractivity contribution in [3.05, 3.63) is 66.3 Å². The Balaban J connectivity index is 0.000000131. The van der Waals surface area contributed by atoms with Crippen LogP contribution in [0.1, 0.15) is 31.0 Å². The fourth-order valence-electron chi connectivity index (χ4n) is 2.39. The molecule has 3 aromatic heterocycles. The molecule has 0 bridgehead atoms. The molecule has 0 amide bonds. The third-order valence-electron chi connectivity index (χ3n) is 3.49. The zero-order valence-electron chi connectivity index (χ0n) is 12.0. The number of aromatic nitrogens is 4. The highest BCUT2D eigenvalue weighted by Gasteiger charge is 2.07. The molecule has 4 heteroatoms. The standard InChI is InChI=1S/C10H12N2.C7H6N2/c1-2-8-5-3-4-6-10-9(8)7-11-12-10;1-2-6-9-7(3-1)4-5-8-9/h4-7H,2-3H2,1H3,(H,11,12);1-6H. The van der Waals surface area contributed by atoms with Crippen molar-refractivity contribution in [1.82, 2.24) is 19.8 Å². The van der Waals surface area contributed by atoms with Crippen molar-refractivity contribution in [2.75, 3.05) is 0 Å². The van der Waals surface area contributed by atoms with E-state index in [4.69, 9.17) is 0 Å². The number of nitrogens with one attached hydrogen (secondary N) is 1. The number of nitrogens with zero attached hydrogens (tertiary/aromatic N) is 3. The lowest BCUT2D eigenvalue weighted by molar-refractivity contribution is 0.961. The molecular formula is C17H18N4. The number of pyridine rings is 1. The van der Waals surface area contributed by atoms with Crippen LogP contribution in [0, 0.1) is 0 Å². The molecular weight excluding hydrogens is 260 g/mol. The van der Waals surface area contributed by atoms with Crippen molar-refractivity contribution >= 4 is 17.2 Å². The summed E-state index contributed by atoms with van der Waals surface area (Å²) in [5, 5.41) is 11.0. The lowest BCUT2D eigenvalue weighted by Gasteiger charge is -1.99. The third kappa shape index (κ3) is 2.94. The molecule has 1 aliphatic carbocycles. The number of fused-ring (bicyclic) bond motifs is 2. The van der Waals surface area contributed by atoms with Gasteiger partial charge in [-0.05, 0) is 42.7 Å². The van der Waals surface area contributed by atoms with Gasteiger partial charge in [0.05, 0.1) is 17.4 Å². The van der Waals surface area contributed by atoms with Gasteiger partial charge in [-0.1, -0.05) is 25.1 Å². The van der Waals surface area contributed by atoms with Gasteiger partial charge in [0, 0.05) is 18.0 Å². The molecule has 4 rings (SSSR count). The van der Waals surface area contributed by atoms with Gasteiger partial charge in [-0.25, -0.2) is 4.52 Å². The molecule has 0 saturated carbocycles.